The van der Waals surface area contributed by atoms with Gasteiger partial charge in [0.15, 0.2) is 0 Å². The first-order chi connectivity index (χ1) is 9.69. The number of hydrogen-bond acceptors (Lipinski definition) is 3. The van der Waals surface area contributed by atoms with E-state index in [1.54, 1.807) is 0 Å². The predicted molar refractivity (Wildman–Crippen MR) is 78.7 cm³/mol. The fourth-order valence-electron chi connectivity index (χ4n) is 2.13. The molecule has 5 heteroatoms. The molecule has 20 heavy (non-hydrogen) atoms. The van der Waals surface area contributed by atoms with Crippen molar-refractivity contribution in [1.82, 2.24) is 10.6 Å². The van der Waals surface area contributed by atoms with Gasteiger partial charge >= 0.3 is 0 Å². The van der Waals surface area contributed by atoms with Gasteiger partial charge in [-0.25, -0.2) is 0 Å². The molecule has 1 fully saturated rings. The Kier molecular flexibility index (Phi) is 4.98. The number of nitrogens with one attached hydrogen (secondary N) is 3. The van der Waals surface area contributed by atoms with Crippen molar-refractivity contribution in [1.29, 1.82) is 0 Å². The summed E-state index contributed by atoms with van der Waals surface area (Å²) < 4.78 is 0. The minimum atomic E-state index is -0.0896. The summed E-state index contributed by atoms with van der Waals surface area (Å²) in [6.45, 7) is 3.55. The molecule has 1 heterocycles. The number of benzene rings is 1. The number of carbonyl (C=O) groups is 2. The zero-order valence-electron chi connectivity index (χ0n) is 11.7. The second-order valence-electron chi connectivity index (χ2n) is 5.02. The maximum absolute atomic E-state index is 12.1. The van der Waals surface area contributed by atoms with Crippen molar-refractivity contribution >= 4 is 17.5 Å². The van der Waals surface area contributed by atoms with Crippen molar-refractivity contribution in [3.63, 3.8) is 0 Å². The van der Waals surface area contributed by atoms with Gasteiger partial charge in [0.2, 0.25) is 5.91 Å². The van der Waals surface area contributed by atoms with E-state index in [0.717, 1.165) is 18.7 Å². The van der Waals surface area contributed by atoms with E-state index in [4.69, 9.17) is 0 Å². The molecule has 0 bridgehead atoms. The molecule has 0 aliphatic carbocycles. The number of rotatable bonds is 5. The minimum Gasteiger partial charge on any atom is -0.385 e. The molecular weight excluding hydrogens is 254 g/mol. The molecule has 108 valence electrons. The maximum Gasteiger partial charge on any atom is 0.251 e. The summed E-state index contributed by atoms with van der Waals surface area (Å²) >= 11 is 0. The Morgan fingerprint density at radius 2 is 2.10 bits per heavy atom. The zero-order chi connectivity index (χ0) is 14.4. The first kappa shape index (κ1) is 14.4. The summed E-state index contributed by atoms with van der Waals surface area (Å²) in [5.41, 5.74) is 1.66. The molecule has 1 unspecified atom stereocenters. The van der Waals surface area contributed by atoms with Crippen LogP contribution < -0.4 is 16.0 Å². The summed E-state index contributed by atoms with van der Waals surface area (Å²) in [7, 11) is 0. The maximum atomic E-state index is 12.1. The van der Waals surface area contributed by atoms with Gasteiger partial charge < -0.3 is 16.0 Å². The topological polar surface area (TPSA) is 70.2 Å². The number of amides is 2. The normalized spacial score (nSPS) is 18.2. The molecule has 0 aromatic heterocycles. The van der Waals surface area contributed by atoms with Crippen LogP contribution in [-0.2, 0) is 4.79 Å². The summed E-state index contributed by atoms with van der Waals surface area (Å²) in [6, 6.07) is 7.47. The lowest BCUT2D eigenvalue weighted by molar-refractivity contribution is -0.122. The SMILES string of the molecule is CCCNc1ccc(C(=O)NC2CCC(=O)NC2)cc1. The van der Waals surface area contributed by atoms with E-state index in [2.05, 4.69) is 22.9 Å². The molecule has 5 nitrogen and oxygen atoms in total. The van der Waals surface area contributed by atoms with Gasteiger partial charge in [-0.1, -0.05) is 6.92 Å². The van der Waals surface area contributed by atoms with Crippen molar-refractivity contribution in [3.8, 4) is 0 Å². The van der Waals surface area contributed by atoms with E-state index in [0.29, 0.717) is 24.9 Å². The highest BCUT2D eigenvalue weighted by Crippen LogP contribution is 2.10. The summed E-state index contributed by atoms with van der Waals surface area (Å²) in [6.07, 6.45) is 2.24. The Morgan fingerprint density at radius 3 is 2.70 bits per heavy atom. The lowest BCUT2D eigenvalue weighted by atomic mass is 10.1. The van der Waals surface area contributed by atoms with Gasteiger partial charge in [0.1, 0.15) is 0 Å². The van der Waals surface area contributed by atoms with Gasteiger partial charge in [0, 0.05) is 36.8 Å². The minimum absolute atomic E-state index is 0.0260. The summed E-state index contributed by atoms with van der Waals surface area (Å²) in [5.74, 6) is -0.0324. The van der Waals surface area contributed by atoms with Gasteiger partial charge in [-0.3, -0.25) is 9.59 Å². The van der Waals surface area contributed by atoms with Crippen LogP contribution in [0.15, 0.2) is 24.3 Å². The Labute approximate surface area is 119 Å². The van der Waals surface area contributed by atoms with E-state index < -0.39 is 0 Å². The van der Waals surface area contributed by atoms with Gasteiger partial charge in [0.25, 0.3) is 5.91 Å². The molecule has 1 aliphatic rings. The van der Waals surface area contributed by atoms with Crippen molar-refractivity contribution in [2.75, 3.05) is 18.4 Å². The fraction of sp³-hybridized carbons (Fsp3) is 0.467. The molecule has 1 aromatic carbocycles. The van der Waals surface area contributed by atoms with E-state index in [-0.39, 0.29) is 17.9 Å². The first-order valence-corrected chi connectivity index (χ1v) is 7.10. The monoisotopic (exact) mass is 275 g/mol. The molecule has 2 rings (SSSR count). The quantitative estimate of drug-likeness (QED) is 0.763. The Morgan fingerprint density at radius 1 is 1.35 bits per heavy atom. The van der Waals surface area contributed by atoms with Gasteiger partial charge in [0.05, 0.1) is 0 Å². The first-order valence-electron chi connectivity index (χ1n) is 7.10. The van der Waals surface area contributed by atoms with Gasteiger partial charge in [-0.2, -0.15) is 0 Å². The van der Waals surface area contributed by atoms with Crippen LogP contribution in [-0.4, -0.2) is 30.9 Å². The third-order valence-corrected chi connectivity index (χ3v) is 3.33. The van der Waals surface area contributed by atoms with Crippen LogP contribution in [0.4, 0.5) is 5.69 Å². The highest BCUT2D eigenvalue weighted by atomic mass is 16.2. The molecule has 3 N–H and O–H groups in total. The van der Waals surface area contributed by atoms with Crippen LogP contribution in [0, 0.1) is 0 Å². The molecule has 0 radical (unpaired) electrons. The van der Waals surface area contributed by atoms with Crippen molar-refractivity contribution in [2.45, 2.75) is 32.2 Å². The largest absolute Gasteiger partial charge is 0.385 e. The zero-order valence-corrected chi connectivity index (χ0v) is 11.7. The lowest BCUT2D eigenvalue weighted by Crippen LogP contribution is -2.47. The van der Waals surface area contributed by atoms with Crippen LogP contribution in [0.3, 0.4) is 0 Å². The number of piperidine rings is 1. The van der Waals surface area contributed by atoms with E-state index >= 15 is 0 Å². The number of hydrogen-bond donors (Lipinski definition) is 3. The van der Waals surface area contributed by atoms with Crippen LogP contribution in [0.5, 0.6) is 0 Å². The highest BCUT2D eigenvalue weighted by Gasteiger charge is 2.19. The van der Waals surface area contributed by atoms with Crippen LogP contribution >= 0.6 is 0 Å². The molecule has 1 aromatic rings. The average Bonchev–Trinajstić information content (AvgIpc) is 2.48. The second-order valence-corrected chi connectivity index (χ2v) is 5.02. The van der Waals surface area contributed by atoms with Gasteiger partial charge in [-0.15, -0.1) is 0 Å². The highest BCUT2D eigenvalue weighted by molar-refractivity contribution is 5.94. The lowest BCUT2D eigenvalue weighted by Gasteiger charge is -2.23. The number of carbonyl (C=O) groups excluding carboxylic acids is 2. The molecule has 2 amide bonds. The standard InChI is InChI=1S/C15H21N3O2/c1-2-9-16-12-5-3-11(4-6-12)15(20)18-13-7-8-14(19)17-10-13/h3-6,13,16H,2,7-10H2,1H3,(H,17,19)(H,18,20). The summed E-state index contributed by atoms with van der Waals surface area (Å²) in [4.78, 5) is 23.1. The number of anilines is 1. The molecule has 1 aliphatic heterocycles. The predicted octanol–water partition coefficient (Wildman–Crippen LogP) is 1.52. The summed E-state index contributed by atoms with van der Waals surface area (Å²) in [5, 5.41) is 8.97. The van der Waals surface area contributed by atoms with Crippen molar-refractivity contribution in [3.05, 3.63) is 29.8 Å². The third kappa shape index (κ3) is 3.98. The van der Waals surface area contributed by atoms with Crippen molar-refractivity contribution in [2.24, 2.45) is 0 Å². The van der Waals surface area contributed by atoms with Crippen LogP contribution in [0.25, 0.3) is 0 Å². The fourth-order valence-corrected chi connectivity index (χ4v) is 2.13. The van der Waals surface area contributed by atoms with E-state index in [9.17, 15) is 9.59 Å². The second kappa shape index (κ2) is 6.93. The molecule has 0 spiro atoms. The Hall–Kier alpha value is -2.04. The molecular formula is C15H21N3O2. The Balaban J connectivity index is 1.87. The van der Waals surface area contributed by atoms with Crippen LogP contribution in [0.1, 0.15) is 36.5 Å². The van der Waals surface area contributed by atoms with Crippen LogP contribution in [0.2, 0.25) is 0 Å². The van der Waals surface area contributed by atoms with E-state index in [1.165, 1.54) is 0 Å². The van der Waals surface area contributed by atoms with E-state index in [1.807, 2.05) is 24.3 Å². The molecule has 1 atom stereocenters. The van der Waals surface area contributed by atoms with Gasteiger partial charge in [-0.05, 0) is 37.1 Å². The average molecular weight is 275 g/mol. The molecule has 1 saturated heterocycles. The molecule has 0 saturated carbocycles. The van der Waals surface area contributed by atoms with Crippen molar-refractivity contribution < 1.29 is 9.59 Å². The third-order valence-electron chi connectivity index (χ3n) is 3.33. The smallest absolute Gasteiger partial charge is 0.251 e. The Bertz CT molecular complexity index is 461.